The van der Waals surface area contributed by atoms with E-state index in [1.807, 2.05) is 0 Å². The molecule has 2 N–H and O–H groups in total. The summed E-state index contributed by atoms with van der Waals surface area (Å²) < 4.78 is 0. The molecule has 0 aromatic carbocycles. The minimum atomic E-state index is -0.665. The lowest BCUT2D eigenvalue weighted by Crippen LogP contribution is -2.55. The number of carboxylic acids is 1. The number of carbonyl (C=O) groups is 1. The third kappa shape index (κ3) is 4.19. The summed E-state index contributed by atoms with van der Waals surface area (Å²) in [4.78, 5) is 14.2. The average Bonchev–Trinajstić information content (AvgIpc) is 2.85. The SMILES string of the molecule is CCCNC1(C(=O)O)CCCC1CCN(CC)CCC. The maximum atomic E-state index is 11.8. The van der Waals surface area contributed by atoms with E-state index in [9.17, 15) is 9.90 Å². The summed E-state index contributed by atoms with van der Waals surface area (Å²) in [6.45, 7) is 10.5. The zero-order valence-corrected chi connectivity index (χ0v) is 13.5. The van der Waals surface area contributed by atoms with E-state index in [0.29, 0.717) is 0 Å². The van der Waals surface area contributed by atoms with E-state index in [1.165, 1.54) is 0 Å². The quantitative estimate of drug-likeness (QED) is 0.647. The van der Waals surface area contributed by atoms with E-state index in [2.05, 4.69) is 31.0 Å². The van der Waals surface area contributed by atoms with Gasteiger partial charge >= 0.3 is 5.97 Å². The van der Waals surface area contributed by atoms with Gasteiger partial charge in [0.15, 0.2) is 0 Å². The number of nitrogens with one attached hydrogen (secondary N) is 1. The van der Waals surface area contributed by atoms with Gasteiger partial charge in [0.1, 0.15) is 5.54 Å². The zero-order valence-electron chi connectivity index (χ0n) is 13.5. The number of nitrogens with zero attached hydrogens (tertiary/aromatic N) is 1. The van der Waals surface area contributed by atoms with Crippen molar-refractivity contribution < 1.29 is 9.90 Å². The van der Waals surface area contributed by atoms with Crippen molar-refractivity contribution in [3.8, 4) is 0 Å². The van der Waals surface area contributed by atoms with Crippen molar-refractivity contribution in [1.82, 2.24) is 10.2 Å². The molecule has 20 heavy (non-hydrogen) atoms. The van der Waals surface area contributed by atoms with Crippen LogP contribution in [0.2, 0.25) is 0 Å². The number of carboxylic acid groups (broad SMARTS) is 1. The van der Waals surface area contributed by atoms with E-state index in [-0.39, 0.29) is 5.92 Å². The van der Waals surface area contributed by atoms with Crippen molar-refractivity contribution in [3.63, 3.8) is 0 Å². The molecule has 1 saturated carbocycles. The second-order valence-corrected chi connectivity index (χ2v) is 6.02. The fourth-order valence-corrected chi connectivity index (χ4v) is 3.49. The molecular weight excluding hydrogens is 252 g/mol. The van der Waals surface area contributed by atoms with Crippen LogP contribution < -0.4 is 5.32 Å². The summed E-state index contributed by atoms with van der Waals surface area (Å²) in [6, 6.07) is 0. The molecule has 0 aromatic heterocycles. The molecule has 4 heteroatoms. The fraction of sp³-hybridized carbons (Fsp3) is 0.938. The van der Waals surface area contributed by atoms with Gasteiger partial charge in [-0.3, -0.25) is 4.79 Å². The Labute approximate surface area is 123 Å². The van der Waals surface area contributed by atoms with Crippen LogP contribution in [0.25, 0.3) is 0 Å². The third-order valence-electron chi connectivity index (χ3n) is 4.67. The molecule has 1 aliphatic rings. The van der Waals surface area contributed by atoms with Crippen molar-refractivity contribution in [1.29, 1.82) is 0 Å². The molecule has 1 rings (SSSR count). The van der Waals surface area contributed by atoms with Gasteiger partial charge in [-0.2, -0.15) is 0 Å². The zero-order chi connectivity index (χ0) is 15.0. The first-order chi connectivity index (χ1) is 9.60. The molecule has 2 atom stereocenters. The van der Waals surface area contributed by atoms with Gasteiger partial charge < -0.3 is 15.3 Å². The number of hydrogen-bond acceptors (Lipinski definition) is 3. The van der Waals surface area contributed by atoms with Crippen LogP contribution in [0.5, 0.6) is 0 Å². The summed E-state index contributed by atoms with van der Waals surface area (Å²) >= 11 is 0. The van der Waals surface area contributed by atoms with Gasteiger partial charge in [-0.15, -0.1) is 0 Å². The van der Waals surface area contributed by atoms with Gasteiger partial charge in [0.25, 0.3) is 0 Å². The molecule has 0 heterocycles. The molecule has 0 bridgehead atoms. The number of rotatable bonds is 10. The molecule has 2 unspecified atom stereocenters. The van der Waals surface area contributed by atoms with Crippen molar-refractivity contribution in [2.45, 2.75) is 64.8 Å². The molecule has 4 nitrogen and oxygen atoms in total. The molecule has 0 radical (unpaired) electrons. The minimum absolute atomic E-state index is 0.275. The molecule has 118 valence electrons. The predicted molar refractivity (Wildman–Crippen MR) is 83.0 cm³/mol. The minimum Gasteiger partial charge on any atom is -0.480 e. The highest BCUT2D eigenvalue weighted by molar-refractivity contribution is 5.79. The summed E-state index contributed by atoms with van der Waals surface area (Å²) in [5.41, 5.74) is -0.665. The van der Waals surface area contributed by atoms with Crippen LogP contribution >= 0.6 is 0 Å². The van der Waals surface area contributed by atoms with Gasteiger partial charge in [0, 0.05) is 0 Å². The van der Waals surface area contributed by atoms with Crippen molar-refractivity contribution >= 4 is 5.97 Å². The smallest absolute Gasteiger partial charge is 0.324 e. The molecule has 0 aliphatic heterocycles. The summed E-state index contributed by atoms with van der Waals surface area (Å²) in [5, 5.41) is 13.1. The second kappa shape index (κ2) is 8.63. The summed E-state index contributed by atoms with van der Waals surface area (Å²) in [7, 11) is 0. The van der Waals surface area contributed by atoms with Crippen LogP contribution in [0.3, 0.4) is 0 Å². The Morgan fingerprint density at radius 3 is 2.60 bits per heavy atom. The Morgan fingerprint density at radius 1 is 1.30 bits per heavy atom. The van der Waals surface area contributed by atoms with Gasteiger partial charge in [-0.1, -0.05) is 27.2 Å². The van der Waals surface area contributed by atoms with E-state index in [0.717, 1.165) is 64.7 Å². The second-order valence-electron chi connectivity index (χ2n) is 6.02. The fourth-order valence-electron chi connectivity index (χ4n) is 3.49. The number of aliphatic carboxylic acids is 1. The van der Waals surface area contributed by atoms with Crippen LogP contribution in [0, 0.1) is 5.92 Å². The molecule has 0 amide bonds. The Hall–Kier alpha value is -0.610. The molecule has 0 aromatic rings. The molecule has 0 saturated heterocycles. The normalized spacial score (nSPS) is 26.3. The topological polar surface area (TPSA) is 52.6 Å². The first-order valence-corrected chi connectivity index (χ1v) is 8.31. The first kappa shape index (κ1) is 17.4. The Bertz CT molecular complexity index is 296. The van der Waals surface area contributed by atoms with Crippen LogP contribution in [0.4, 0.5) is 0 Å². The van der Waals surface area contributed by atoms with Crippen molar-refractivity contribution in [2.75, 3.05) is 26.2 Å². The van der Waals surface area contributed by atoms with Gasteiger partial charge in [0.05, 0.1) is 0 Å². The molecule has 0 spiro atoms. The highest BCUT2D eigenvalue weighted by Crippen LogP contribution is 2.38. The third-order valence-corrected chi connectivity index (χ3v) is 4.67. The highest BCUT2D eigenvalue weighted by atomic mass is 16.4. The predicted octanol–water partition coefficient (Wildman–Crippen LogP) is 2.73. The maximum absolute atomic E-state index is 11.8. The van der Waals surface area contributed by atoms with Crippen molar-refractivity contribution in [2.24, 2.45) is 5.92 Å². The van der Waals surface area contributed by atoms with Crippen LogP contribution in [0.15, 0.2) is 0 Å². The van der Waals surface area contributed by atoms with Crippen molar-refractivity contribution in [3.05, 3.63) is 0 Å². The lowest BCUT2D eigenvalue weighted by molar-refractivity contribution is -0.146. The molecule has 1 fully saturated rings. The molecular formula is C16H32N2O2. The lowest BCUT2D eigenvalue weighted by Gasteiger charge is -2.34. The van der Waals surface area contributed by atoms with Gasteiger partial charge in [-0.25, -0.2) is 0 Å². The standard InChI is InChI=1S/C16H32N2O2/c1-4-11-17-16(15(19)20)10-7-8-14(16)9-13-18(6-3)12-5-2/h14,17H,4-13H2,1-3H3,(H,19,20). The monoisotopic (exact) mass is 284 g/mol. The number of hydrogen-bond donors (Lipinski definition) is 2. The Morgan fingerprint density at radius 2 is 2.05 bits per heavy atom. The van der Waals surface area contributed by atoms with Crippen LogP contribution in [-0.2, 0) is 4.79 Å². The van der Waals surface area contributed by atoms with E-state index in [4.69, 9.17) is 0 Å². The van der Waals surface area contributed by atoms with E-state index >= 15 is 0 Å². The Balaban J connectivity index is 2.63. The van der Waals surface area contributed by atoms with Crippen LogP contribution in [-0.4, -0.2) is 47.7 Å². The lowest BCUT2D eigenvalue weighted by atomic mass is 9.84. The summed E-state index contributed by atoms with van der Waals surface area (Å²) in [5.74, 6) is -0.371. The first-order valence-electron chi connectivity index (χ1n) is 8.31. The van der Waals surface area contributed by atoms with E-state index in [1.54, 1.807) is 0 Å². The maximum Gasteiger partial charge on any atom is 0.324 e. The van der Waals surface area contributed by atoms with E-state index < -0.39 is 11.5 Å². The summed E-state index contributed by atoms with van der Waals surface area (Å²) in [6.07, 6.45) is 6.01. The molecule has 1 aliphatic carbocycles. The highest BCUT2D eigenvalue weighted by Gasteiger charge is 2.48. The van der Waals surface area contributed by atoms with Gasteiger partial charge in [-0.05, 0) is 64.2 Å². The van der Waals surface area contributed by atoms with Gasteiger partial charge in [0.2, 0.25) is 0 Å². The largest absolute Gasteiger partial charge is 0.480 e. The Kier molecular flexibility index (Phi) is 7.52. The van der Waals surface area contributed by atoms with Crippen LogP contribution in [0.1, 0.15) is 59.3 Å². The average molecular weight is 284 g/mol.